The second-order valence-electron chi connectivity index (χ2n) is 9.61. The number of H-pyrrole nitrogens is 1. The number of ether oxygens (including phenoxy) is 2. The third kappa shape index (κ3) is 5.47. The number of aromatic amines is 1. The van der Waals surface area contributed by atoms with Gasteiger partial charge in [0.2, 0.25) is 0 Å². The third-order valence-corrected chi connectivity index (χ3v) is 7.31. The average molecular weight is 518 g/mol. The number of nitrogens with one attached hydrogen (secondary N) is 1. The Balaban J connectivity index is 1.46. The highest BCUT2D eigenvalue weighted by atomic mass is 16.5. The monoisotopic (exact) mass is 517 g/mol. The highest BCUT2D eigenvalue weighted by molar-refractivity contribution is 5.80. The highest BCUT2D eigenvalue weighted by Gasteiger charge is 2.32. The number of methoxy groups -OCH3 is 2. The van der Waals surface area contributed by atoms with Gasteiger partial charge in [0.15, 0.2) is 5.82 Å². The summed E-state index contributed by atoms with van der Waals surface area (Å²) in [6.07, 6.45) is 0.928. The van der Waals surface area contributed by atoms with Crippen LogP contribution in [0.5, 0.6) is 5.75 Å². The lowest BCUT2D eigenvalue weighted by Crippen LogP contribution is -2.48. The van der Waals surface area contributed by atoms with Gasteiger partial charge in [-0.2, -0.15) is 0 Å². The Kier molecular flexibility index (Phi) is 8.11. The minimum Gasteiger partial charge on any atom is -0.496 e. The first kappa shape index (κ1) is 26.0. The second-order valence-corrected chi connectivity index (χ2v) is 9.61. The topological polar surface area (TPSA) is 101 Å². The molecule has 10 heteroatoms. The van der Waals surface area contributed by atoms with E-state index in [2.05, 4.69) is 55.4 Å². The van der Waals surface area contributed by atoms with Gasteiger partial charge in [-0.15, -0.1) is 5.10 Å². The molecule has 2 aromatic heterocycles. The number of rotatable bonds is 10. The number of piperazine rings is 1. The molecule has 0 radical (unpaired) electrons. The standard InChI is InChI=1S/C28H35N7O3/c1-4-20-9-10-24-22(17-20)18-23(28(36)29-24)26(27-30-31-32-35(27)15-16-37-2)34-13-11-33(12-14-34)19-21-7-5-6-8-25(21)38-3/h5-10,17-18,26H,4,11-16,19H2,1-3H3,(H,29,36)/t26-/m0/s1. The maximum Gasteiger partial charge on any atom is 0.253 e. The first-order chi connectivity index (χ1) is 18.6. The van der Waals surface area contributed by atoms with E-state index in [9.17, 15) is 4.79 Å². The van der Waals surface area contributed by atoms with E-state index in [4.69, 9.17) is 9.47 Å². The maximum atomic E-state index is 13.5. The van der Waals surface area contributed by atoms with E-state index in [1.54, 1.807) is 18.9 Å². The quantitative estimate of drug-likeness (QED) is 0.343. The number of benzene rings is 2. The molecule has 0 saturated carbocycles. The Hall–Kier alpha value is -3.60. The molecule has 1 aliphatic rings. The number of aryl methyl sites for hydroxylation is 1. The van der Waals surface area contributed by atoms with Crippen LogP contribution in [0.15, 0.2) is 53.3 Å². The average Bonchev–Trinajstić information content (AvgIpc) is 3.41. The summed E-state index contributed by atoms with van der Waals surface area (Å²) < 4.78 is 12.6. The van der Waals surface area contributed by atoms with Crippen molar-refractivity contribution in [2.75, 3.05) is 47.0 Å². The SMILES string of the molecule is CCc1ccc2[nH]c(=O)c([C@@H](c3nnnn3CCOC)N3CCN(Cc4ccccc4OC)CC3)cc2c1. The van der Waals surface area contributed by atoms with Gasteiger partial charge in [-0.1, -0.05) is 31.2 Å². The van der Waals surface area contributed by atoms with Crippen molar-refractivity contribution >= 4 is 10.9 Å². The minimum absolute atomic E-state index is 0.121. The number of tetrazole rings is 1. The van der Waals surface area contributed by atoms with Gasteiger partial charge in [-0.3, -0.25) is 14.6 Å². The van der Waals surface area contributed by atoms with Gasteiger partial charge >= 0.3 is 0 Å². The van der Waals surface area contributed by atoms with Crippen molar-refractivity contribution in [2.45, 2.75) is 32.5 Å². The van der Waals surface area contributed by atoms with Gasteiger partial charge in [0, 0.05) is 56.5 Å². The van der Waals surface area contributed by atoms with Crippen molar-refractivity contribution in [3.63, 3.8) is 0 Å². The summed E-state index contributed by atoms with van der Waals surface area (Å²) in [7, 11) is 3.36. The van der Waals surface area contributed by atoms with Gasteiger partial charge in [-0.05, 0) is 52.1 Å². The molecule has 10 nitrogen and oxygen atoms in total. The number of pyridine rings is 1. The van der Waals surface area contributed by atoms with Crippen LogP contribution in [0.4, 0.5) is 0 Å². The molecule has 0 spiro atoms. The summed E-state index contributed by atoms with van der Waals surface area (Å²) in [4.78, 5) is 21.3. The maximum absolute atomic E-state index is 13.5. The van der Waals surface area contributed by atoms with Gasteiger partial charge < -0.3 is 14.5 Å². The summed E-state index contributed by atoms with van der Waals surface area (Å²) in [5, 5.41) is 13.6. The van der Waals surface area contributed by atoms with Crippen molar-refractivity contribution in [3.8, 4) is 5.75 Å². The lowest BCUT2D eigenvalue weighted by Gasteiger charge is -2.38. The van der Waals surface area contributed by atoms with Gasteiger partial charge in [-0.25, -0.2) is 4.68 Å². The van der Waals surface area contributed by atoms with Crippen LogP contribution in [-0.4, -0.2) is 82.0 Å². The van der Waals surface area contributed by atoms with E-state index in [0.29, 0.717) is 24.5 Å². The van der Waals surface area contributed by atoms with Gasteiger partial charge in [0.05, 0.1) is 20.3 Å². The first-order valence-corrected chi connectivity index (χ1v) is 13.1. The summed E-state index contributed by atoms with van der Waals surface area (Å²) in [6.45, 7) is 7.15. The van der Waals surface area contributed by atoms with Crippen molar-refractivity contribution in [1.82, 2.24) is 35.0 Å². The van der Waals surface area contributed by atoms with E-state index in [1.165, 1.54) is 11.1 Å². The Bertz CT molecular complexity index is 1430. The van der Waals surface area contributed by atoms with Crippen LogP contribution in [0.3, 0.4) is 0 Å². The highest BCUT2D eigenvalue weighted by Crippen LogP contribution is 2.29. The number of hydrogen-bond acceptors (Lipinski definition) is 8. The van der Waals surface area contributed by atoms with E-state index in [1.807, 2.05) is 30.3 Å². The number of para-hydroxylation sites is 1. The van der Waals surface area contributed by atoms with Crippen molar-refractivity contribution in [2.24, 2.45) is 0 Å². The molecule has 0 bridgehead atoms. The van der Waals surface area contributed by atoms with E-state index >= 15 is 0 Å². The smallest absolute Gasteiger partial charge is 0.253 e. The minimum atomic E-state index is -0.381. The zero-order valence-corrected chi connectivity index (χ0v) is 22.3. The molecule has 1 fully saturated rings. The van der Waals surface area contributed by atoms with Crippen LogP contribution in [-0.2, 0) is 24.2 Å². The molecule has 0 amide bonds. The largest absolute Gasteiger partial charge is 0.496 e. The van der Waals surface area contributed by atoms with Crippen LogP contribution in [0.2, 0.25) is 0 Å². The van der Waals surface area contributed by atoms with Crippen molar-refractivity contribution in [1.29, 1.82) is 0 Å². The van der Waals surface area contributed by atoms with Crippen molar-refractivity contribution in [3.05, 3.63) is 81.4 Å². The van der Waals surface area contributed by atoms with Crippen LogP contribution in [0.25, 0.3) is 10.9 Å². The first-order valence-electron chi connectivity index (χ1n) is 13.1. The molecule has 1 aliphatic heterocycles. The van der Waals surface area contributed by atoms with Crippen molar-refractivity contribution < 1.29 is 9.47 Å². The number of fused-ring (bicyclic) bond motifs is 1. The fourth-order valence-corrected chi connectivity index (χ4v) is 5.19. The Morgan fingerprint density at radius 1 is 1.05 bits per heavy atom. The molecule has 1 atom stereocenters. The molecule has 200 valence electrons. The molecule has 3 heterocycles. The summed E-state index contributed by atoms with van der Waals surface area (Å²) >= 11 is 0. The molecule has 1 N–H and O–H groups in total. The lowest BCUT2D eigenvalue weighted by atomic mass is 10.0. The summed E-state index contributed by atoms with van der Waals surface area (Å²) in [5.74, 6) is 1.55. The summed E-state index contributed by atoms with van der Waals surface area (Å²) in [5.41, 5.74) is 3.75. The fraction of sp³-hybridized carbons (Fsp3) is 0.429. The predicted molar refractivity (Wildman–Crippen MR) is 145 cm³/mol. The zero-order chi connectivity index (χ0) is 26.5. The lowest BCUT2D eigenvalue weighted by molar-refractivity contribution is 0.0979. The number of hydrogen-bond donors (Lipinski definition) is 1. The summed E-state index contributed by atoms with van der Waals surface area (Å²) in [6, 6.07) is 15.9. The molecule has 0 aliphatic carbocycles. The van der Waals surface area contributed by atoms with E-state index in [0.717, 1.165) is 55.8 Å². The molecule has 5 rings (SSSR count). The van der Waals surface area contributed by atoms with E-state index in [-0.39, 0.29) is 11.6 Å². The van der Waals surface area contributed by atoms with Gasteiger partial charge in [0.25, 0.3) is 5.56 Å². The fourth-order valence-electron chi connectivity index (χ4n) is 5.19. The van der Waals surface area contributed by atoms with Crippen LogP contribution < -0.4 is 10.3 Å². The van der Waals surface area contributed by atoms with E-state index < -0.39 is 0 Å². The second kappa shape index (κ2) is 11.8. The molecule has 38 heavy (non-hydrogen) atoms. The number of aromatic nitrogens is 5. The Morgan fingerprint density at radius 2 is 1.87 bits per heavy atom. The van der Waals surface area contributed by atoms with Gasteiger partial charge in [0.1, 0.15) is 11.8 Å². The Labute approximate surface area is 222 Å². The zero-order valence-electron chi connectivity index (χ0n) is 22.3. The van der Waals surface area contributed by atoms with Crippen LogP contribution in [0, 0.1) is 0 Å². The predicted octanol–water partition coefficient (Wildman–Crippen LogP) is 2.64. The third-order valence-electron chi connectivity index (χ3n) is 7.31. The van der Waals surface area contributed by atoms with Crippen LogP contribution >= 0.6 is 0 Å². The molecule has 4 aromatic rings. The Morgan fingerprint density at radius 3 is 2.63 bits per heavy atom. The molecule has 1 saturated heterocycles. The molecular formula is C28H35N7O3. The molecule has 2 aromatic carbocycles. The number of nitrogens with zero attached hydrogens (tertiary/aromatic N) is 6. The normalized spacial score (nSPS) is 15.7. The molecule has 0 unspecified atom stereocenters. The molecular weight excluding hydrogens is 482 g/mol. The van der Waals surface area contributed by atoms with Crippen LogP contribution in [0.1, 0.15) is 35.5 Å².